The minimum absolute atomic E-state index is 0.128. The number of hydrogen-bond acceptors (Lipinski definition) is 4. The molecule has 0 unspecified atom stereocenters. The molecule has 1 atom stereocenters. The van der Waals surface area contributed by atoms with Gasteiger partial charge in [-0.15, -0.1) is 0 Å². The van der Waals surface area contributed by atoms with Crippen molar-refractivity contribution in [2.45, 2.75) is 39.2 Å². The average Bonchev–Trinajstić information content (AvgIpc) is 2.81. The first-order valence-corrected chi connectivity index (χ1v) is 8.81. The number of ether oxygens (including phenoxy) is 2. The van der Waals surface area contributed by atoms with Crippen molar-refractivity contribution >= 4 is 5.91 Å². The summed E-state index contributed by atoms with van der Waals surface area (Å²) in [4.78, 5) is 12.6. The van der Waals surface area contributed by atoms with Crippen molar-refractivity contribution in [3.8, 4) is 11.5 Å². The standard InChI is InChI=1S/C19H25N3O3/c1-4-6-15-12-16(22(3)21-15)19(23)20-13(2)14-7-8-17-18(11-14)25-10-5-9-24-17/h7-8,11-13H,4-6,9-10H2,1-3H3,(H,20,23)/t13-/m1/s1. The first-order chi connectivity index (χ1) is 12.1. The second-order valence-electron chi connectivity index (χ2n) is 6.35. The molecule has 1 aromatic carbocycles. The molecule has 0 bridgehead atoms. The van der Waals surface area contributed by atoms with Crippen molar-refractivity contribution in [2.75, 3.05) is 13.2 Å². The highest BCUT2D eigenvalue weighted by Gasteiger charge is 2.18. The minimum Gasteiger partial charge on any atom is -0.490 e. The van der Waals surface area contributed by atoms with Crippen LogP contribution in [0.2, 0.25) is 0 Å². The van der Waals surface area contributed by atoms with E-state index in [0.717, 1.165) is 42.0 Å². The number of carbonyl (C=O) groups is 1. The molecule has 2 aromatic rings. The zero-order valence-electron chi connectivity index (χ0n) is 15.0. The van der Waals surface area contributed by atoms with Crippen LogP contribution in [-0.2, 0) is 13.5 Å². The van der Waals surface area contributed by atoms with Crippen LogP contribution >= 0.6 is 0 Å². The molecule has 0 aliphatic carbocycles. The van der Waals surface area contributed by atoms with Crippen LogP contribution in [0, 0.1) is 0 Å². The average molecular weight is 343 g/mol. The fourth-order valence-electron chi connectivity index (χ4n) is 2.92. The van der Waals surface area contributed by atoms with Crippen molar-refractivity contribution in [3.63, 3.8) is 0 Å². The molecule has 6 nitrogen and oxygen atoms in total. The van der Waals surface area contributed by atoms with Crippen molar-refractivity contribution in [1.29, 1.82) is 0 Å². The van der Waals surface area contributed by atoms with Gasteiger partial charge >= 0.3 is 0 Å². The summed E-state index contributed by atoms with van der Waals surface area (Å²) in [7, 11) is 1.80. The van der Waals surface area contributed by atoms with Crippen molar-refractivity contribution in [2.24, 2.45) is 7.05 Å². The van der Waals surface area contributed by atoms with E-state index in [9.17, 15) is 4.79 Å². The molecule has 1 N–H and O–H groups in total. The van der Waals surface area contributed by atoms with Crippen LogP contribution in [-0.4, -0.2) is 28.9 Å². The van der Waals surface area contributed by atoms with Crippen LogP contribution in [0.15, 0.2) is 24.3 Å². The van der Waals surface area contributed by atoms with E-state index in [-0.39, 0.29) is 11.9 Å². The molecule has 1 amide bonds. The Kier molecular flexibility index (Phi) is 5.26. The van der Waals surface area contributed by atoms with Crippen LogP contribution in [0.25, 0.3) is 0 Å². The molecule has 0 spiro atoms. The molecule has 3 rings (SSSR count). The van der Waals surface area contributed by atoms with Crippen LogP contribution in [0.3, 0.4) is 0 Å². The molecule has 1 aliphatic rings. The maximum atomic E-state index is 12.6. The lowest BCUT2D eigenvalue weighted by Crippen LogP contribution is -2.28. The fourth-order valence-corrected chi connectivity index (χ4v) is 2.92. The summed E-state index contributed by atoms with van der Waals surface area (Å²) in [5.41, 5.74) is 2.50. The molecule has 25 heavy (non-hydrogen) atoms. The third kappa shape index (κ3) is 3.95. The number of nitrogens with one attached hydrogen (secondary N) is 1. The maximum Gasteiger partial charge on any atom is 0.270 e. The van der Waals surface area contributed by atoms with Gasteiger partial charge in [0.15, 0.2) is 11.5 Å². The van der Waals surface area contributed by atoms with Gasteiger partial charge in [0, 0.05) is 13.5 Å². The lowest BCUT2D eigenvalue weighted by Gasteiger charge is -2.16. The number of aryl methyl sites for hydroxylation is 2. The monoisotopic (exact) mass is 343 g/mol. The van der Waals surface area contributed by atoms with Crippen molar-refractivity contribution < 1.29 is 14.3 Å². The predicted octanol–water partition coefficient (Wildman–Crippen LogP) is 3.02. The molecular weight excluding hydrogens is 318 g/mol. The zero-order chi connectivity index (χ0) is 17.8. The largest absolute Gasteiger partial charge is 0.490 e. The molecule has 134 valence electrons. The number of benzene rings is 1. The Balaban J connectivity index is 1.72. The SMILES string of the molecule is CCCc1cc(C(=O)N[C@H](C)c2ccc3c(c2)OCCCO3)n(C)n1. The number of fused-ring (bicyclic) bond motifs is 1. The summed E-state index contributed by atoms with van der Waals surface area (Å²) < 4.78 is 13.0. The maximum absolute atomic E-state index is 12.6. The Hall–Kier alpha value is -2.50. The quantitative estimate of drug-likeness (QED) is 0.906. The lowest BCUT2D eigenvalue weighted by atomic mass is 10.1. The molecule has 0 radical (unpaired) electrons. The van der Waals surface area contributed by atoms with Crippen LogP contribution in [0.5, 0.6) is 11.5 Å². The topological polar surface area (TPSA) is 65.4 Å². The van der Waals surface area contributed by atoms with Gasteiger partial charge < -0.3 is 14.8 Å². The van der Waals surface area contributed by atoms with Crippen LogP contribution in [0.1, 0.15) is 54.5 Å². The Bertz CT molecular complexity index is 754. The van der Waals surface area contributed by atoms with Crippen molar-refractivity contribution in [1.82, 2.24) is 15.1 Å². The van der Waals surface area contributed by atoms with Crippen LogP contribution < -0.4 is 14.8 Å². The van der Waals surface area contributed by atoms with E-state index in [1.807, 2.05) is 31.2 Å². The molecule has 0 fully saturated rings. The Labute approximate surface area is 148 Å². The normalized spacial score (nSPS) is 14.7. The predicted molar refractivity (Wildman–Crippen MR) is 95.1 cm³/mol. The van der Waals surface area contributed by atoms with Gasteiger partial charge in [0.25, 0.3) is 5.91 Å². The highest BCUT2D eigenvalue weighted by atomic mass is 16.5. The van der Waals surface area contributed by atoms with Gasteiger partial charge in [0.2, 0.25) is 0 Å². The molecule has 1 aliphatic heterocycles. The molecule has 0 saturated heterocycles. The van der Waals surface area contributed by atoms with E-state index >= 15 is 0 Å². The van der Waals surface area contributed by atoms with Gasteiger partial charge in [-0.05, 0) is 37.1 Å². The molecule has 1 aromatic heterocycles. The highest BCUT2D eigenvalue weighted by Crippen LogP contribution is 2.32. The molecule has 6 heteroatoms. The summed E-state index contributed by atoms with van der Waals surface area (Å²) in [6, 6.07) is 7.53. The third-order valence-corrected chi connectivity index (χ3v) is 4.29. The summed E-state index contributed by atoms with van der Waals surface area (Å²) in [6.45, 7) is 5.37. The number of hydrogen-bond donors (Lipinski definition) is 1. The fraction of sp³-hybridized carbons (Fsp3) is 0.474. The Morgan fingerprint density at radius 1 is 1.28 bits per heavy atom. The lowest BCUT2D eigenvalue weighted by molar-refractivity contribution is 0.0930. The number of nitrogens with zero attached hydrogens (tertiary/aromatic N) is 2. The zero-order valence-corrected chi connectivity index (χ0v) is 15.0. The van der Waals surface area contributed by atoms with Crippen molar-refractivity contribution in [3.05, 3.63) is 41.2 Å². The Morgan fingerprint density at radius 2 is 2.04 bits per heavy atom. The van der Waals surface area contributed by atoms with Gasteiger partial charge in [-0.2, -0.15) is 5.10 Å². The first-order valence-electron chi connectivity index (χ1n) is 8.81. The van der Waals surface area contributed by atoms with E-state index in [4.69, 9.17) is 9.47 Å². The van der Waals surface area contributed by atoms with Crippen LogP contribution in [0.4, 0.5) is 0 Å². The Morgan fingerprint density at radius 3 is 2.80 bits per heavy atom. The third-order valence-electron chi connectivity index (χ3n) is 4.29. The number of rotatable bonds is 5. The summed E-state index contributed by atoms with van der Waals surface area (Å²) in [6.07, 6.45) is 2.75. The van der Waals surface area contributed by atoms with Gasteiger partial charge in [-0.3, -0.25) is 9.48 Å². The molecule has 2 heterocycles. The molecule has 0 saturated carbocycles. The number of amides is 1. The summed E-state index contributed by atoms with van der Waals surface area (Å²) >= 11 is 0. The van der Waals surface area contributed by atoms with E-state index in [2.05, 4.69) is 17.3 Å². The van der Waals surface area contributed by atoms with Gasteiger partial charge in [0.1, 0.15) is 5.69 Å². The van der Waals surface area contributed by atoms with Gasteiger partial charge in [0.05, 0.1) is 24.9 Å². The molecular formula is C19H25N3O3. The number of aromatic nitrogens is 2. The summed E-state index contributed by atoms with van der Waals surface area (Å²) in [5.74, 6) is 1.37. The van der Waals surface area contributed by atoms with Gasteiger partial charge in [-0.25, -0.2) is 0 Å². The van der Waals surface area contributed by atoms with E-state index in [1.165, 1.54) is 0 Å². The first kappa shape index (κ1) is 17.3. The second-order valence-corrected chi connectivity index (χ2v) is 6.35. The number of carbonyl (C=O) groups excluding carboxylic acids is 1. The second kappa shape index (κ2) is 7.59. The van der Waals surface area contributed by atoms with Gasteiger partial charge in [-0.1, -0.05) is 19.4 Å². The minimum atomic E-state index is -0.144. The van der Waals surface area contributed by atoms with E-state index in [1.54, 1.807) is 11.7 Å². The summed E-state index contributed by atoms with van der Waals surface area (Å²) in [5, 5.41) is 7.42. The smallest absolute Gasteiger partial charge is 0.270 e. The van der Waals surface area contributed by atoms with E-state index < -0.39 is 0 Å². The highest BCUT2D eigenvalue weighted by molar-refractivity contribution is 5.92. The van der Waals surface area contributed by atoms with E-state index in [0.29, 0.717) is 18.9 Å².